The summed E-state index contributed by atoms with van der Waals surface area (Å²) in [7, 11) is 1.37. The molecule has 0 bridgehead atoms. The van der Waals surface area contributed by atoms with Crippen LogP contribution in [0.5, 0.6) is 0 Å². The molecular weight excluding hydrogens is 581 g/mol. The summed E-state index contributed by atoms with van der Waals surface area (Å²) in [4.78, 5) is 19.5. The molecule has 4 rings (SSSR count). The Morgan fingerprint density at radius 1 is 0.900 bits per heavy atom. The van der Waals surface area contributed by atoms with Crippen LogP contribution in [-0.4, -0.2) is 27.7 Å². The van der Waals surface area contributed by atoms with Crippen LogP contribution in [0.4, 0.5) is 32.0 Å². The molecule has 5 nitrogen and oxygen atoms in total. The summed E-state index contributed by atoms with van der Waals surface area (Å²) in [5.41, 5.74) is -3.51. The van der Waals surface area contributed by atoms with E-state index >= 15 is 0 Å². The number of halogens is 8. The lowest BCUT2D eigenvalue weighted by molar-refractivity contribution is -0.143. The predicted octanol–water partition coefficient (Wildman–Crippen LogP) is 8.40. The van der Waals surface area contributed by atoms with E-state index in [1.165, 1.54) is 27.1 Å². The van der Waals surface area contributed by atoms with Crippen LogP contribution in [0.15, 0.2) is 48.8 Å². The number of hydrogen-bond acceptors (Lipinski definition) is 3. The third-order valence-electron chi connectivity index (χ3n) is 6.66. The largest absolute Gasteiger partial charge is 0.416 e. The standard InChI is InChI=1S/C27H22Cl2F6N4O/c1-5-39-23-18(12-37-39)22(14-6-7-19(28)20(29)8-14)21(13-36-23)38(4)24(40)25(2,3)15-9-16(26(30,31)32)11-17(10-15)27(33,34)35/h6-13H,5H2,1-4H3. The zero-order chi connectivity index (χ0) is 29.8. The molecule has 1 amide bonds. The number of pyridine rings is 1. The maximum Gasteiger partial charge on any atom is 0.416 e. The lowest BCUT2D eigenvalue weighted by Gasteiger charge is -2.32. The van der Waals surface area contributed by atoms with E-state index in [1.807, 2.05) is 6.92 Å². The maximum atomic E-state index is 13.9. The zero-order valence-corrected chi connectivity index (χ0v) is 23.1. The van der Waals surface area contributed by atoms with E-state index in [-0.39, 0.29) is 21.8 Å². The fourth-order valence-electron chi connectivity index (χ4n) is 4.42. The first-order valence-electron chi connectivity index (χ1n) is 11.8. The highest BCUT2D eigenvalue weighted by atomic mass is 35.5. The number of nitrogens with zero attached hydrogens (tertiary/aromatic N) is 4. The van der Waals surface area contributed by atoms with Crippen LogP contribution in [-0.2, 0) is 29.1 Å². The van der Waals surface area contributed by atoms with Gasteiger partial charge in [-0.2, -0.15) is 31.4 Å². The van der Waals surface area contributed by atoms with Gasteiger partial charge in [-0.15, -0.1) is 0 Å². The molecule has 0 aliphatic heterocycles. The van der Waals surface area contributed by atoms with Crippen molar-refractivity contribution in [1.82, 2.24) is 14.8 Å². The highest BCUT2D eigenvalue weighted by Crippen LogP contribution is 2.42. The van der Waals surface area contributed by atoms with E-state index in [0.717, 1.165) is 4.90 Å². The van der Waals surface area contributed by atoms with Crippen LogP contribution < -0.4 is 4.90 Å². The number of carbonyl (C=O) groups excluding carboxylic acids is 1. The number of alkyl halides is 6. The van der Waals surface area contributed by atoms with Crippen LogP contribution in [0.25, 0.3) is 22.2 Å². The summed E-state index contributed by atoms with van der Waals surface area (Å²) in [6.07, 6.45) is -7.17. The van der Waals surface area contributed by atoms with Gasteiger partial charge in [0, 0.05) is 24.5 Å². The van der Waals surface area contributed by atoms with Gasteiger partial charge in [0.25, 0.3) is 0 Å². The van der Waals surface area contributed by atoms with Crippen molar-refractivity contribution in [3.8, 4) is 11.1 Å². The Labute approximate surface area is 235 Å². The second-order valence-electron chi connectivity index (χ2n) is 9.63. The molecule has 0 radical (unpaired) electrons. The molecule has 0 spiro atoms. The molecule has 13 heteroatoms. The number of fused-ring (bicyclic) bond motifs is 1. The van der Waals surface area contributed by atoms with Crippen molar-refractivity contribution in [1.29, 1.82) is 0 Å². The Kier molecular flexibility index (Phi) is 7.61. The lowest BCUT2D eigenvalue weighted by atomic mass is 9.81. The summed E-state index contributed by atoms with van der Waals surface area (Å²) >= 11 is 12.4. The molecule has 0 aliphatic carbocycles. The fourth-order valence-corrected chi connectivity index (χ4v) is 4.72. The molecular formula is C27H22Cl2F6N4O. The van der Waals surface area contributed by atoms with E-state index in [9.17, 15) is 31.1 Å². The summed E-state index contributed by atoms with van der Waals surface area (Å²) < 4.78 is 82.8. The smallest absolute Gasteiger partial charge is 0.313 e. The first-order chi connectivity index (χ1) is 18.5. The van der Waals surface area contributed by atoms with Crippen LogP contribution in [0.2, 0.25) is 10.0 Å². The van der Waals surface area contributed by atoms with Crippen molar-refractivity contribution in [3.05, 3.63) is 75.5 Å². The van der Waals surface area contributed by atoms with Crippen molar-refractivity contribution in [3.63, 3.8) is 0 Å². The van der Waals surface area contributed by atoms with Crippen molar-refractivity contribution in [2.45, 2.75) is 45.1 Å². The molecule has 40 heavy (non-hydrogen) atoms. The van der Waals surface area contributed by atoms with Gasteiger partial charge in [-0.3, -0.25) is 4.79 Å². The molecule has 2 aromatic carbocycles. The van der Waals surface area contributed by atoms with E-state index in [1.54, 1.807) is 29.1 Å². The number of likely N-dealkylation sites (N-methyl/N-ethyl adjacent to an activating group) is 1. The predicted molar refractivity (Wildman–Crippen MR) is 142 cm³/mol. The van der Waals surface area contributed by atoms with E-state index < -0.39 is 40.4 Å². The minimum Gasteiger partial charge on any atom is -0.313 e. The first-order valence-corrected chi connectivity index (χ1v) is 12.6. The molecule has 212 valence electrons. The normalized spacial score (nSPS) is 12.7. The monoisotopic (exact) mass is 602 g/mol. The maximum absolute atomic E-state index is 13.9. The van der Waals surface area contributed by atoms with Gasteiger partial charge < -0.3 is 4.90 Å². The third kappa shape index (κ3) is 5.36. The van der Waals surface area contributed by atoms with Gasteiger partial charge in [0.1, 0.15) is 0 Å². The highest BCUT2D eigenvalue weighted by molar-refractivity contribution is 6.42. The topological polar surface area (TPSA) is 51.0 Å². The quantitative estimate of drug-likeness (QED) is 0.215. The molecule has 2 heterocycles. The first kappa shape index (κ1) is 29.7. The molecule has 0 atom stereocenters. The minimum atomic E-state index is -5.06. The molecule has 4 aromatic rings. The molecule has 0 unspecified atom stereocenters. The Morgan fingerprint density at radius 3 is 2.00 bits per heavy atom. The van der Waals surface area contributed by atoms with Crippen LogP contribution >= 0.6 is 23.2 Å². The number of aryl methyl sites for hydroxylation is 1. The molecule has 0 fully saturated rings. The number of carbonyl (C=O) groups is 1. The van der Waals surface area contributed by atoms with Crippen LogP contribution in [0.1, 0.15) is 37.5 Å². The molecule has 0 aliphatic rings. The average Bonchev–Trinajstić information content (AvgIpc) is 3.31. The van der Waals surface area contributed by atoms with Crippen molar-refractivity contribution < 1.29 is 31.1 Å². The SMILES string of the molecule is CCn1ncc2c(-c3ccc(Cl)c(Cl)c3)c(N(C)C(=O)C(C)(C)c3cc(C(F)(F)F)cc(C(F)(F)F)c3)cnc21. The summed E-state index contributed by atoms with van der Waals surface area (Å²) in [5, 5.41) is 5.40. The summed E-state index contributed by atoms with van der Waals surface area (Å²) in [5.74, 6) is -0.773. The van der Waals surface area contributed by atoms with Gasteiger partial charge in [0.05, 0.1) is 44.7 Å². The number of hydrogen-bond donors (Lipinski definition) is 0. The Hall–Kier alpha value is -3.31. The highest BCUT2D eigenvalue weighted by Gasteiger charge is 2.41. The fraction of sp³-hybridized carbons (Fsp3) is 0.296. The van der Waals surface area contributed by atoms with Crippen molar-refractivity contribution in [2.75, 3.05) is 11.9 Å². The second-order valence-corrected chi connectivity index (χ2v) is 10.4. The molecule has 0 saturated carbocycles. The average molecular weight is 603 g/mol. The Balaban J connectivity index is 1.89. The summed E-state index contributed by atoms with van der Waals surface area (Å²) in [6, 6.07) is 5.96. The second kappa shape index (κ2) is 10.3. The minimum absolute atomic E-state index is 0.0272. The van der Waals surface area contributed by atoms with Crippen molar-refractivity contribution >= 4 is 45.8 Å². The van der Waals surface area contributed by atoms with Gasteiger partial charge in [-0.25, -0.2) is 9.67 Å². The van der Waals surface area contributed by atoms with Gasteiger partial charge in [0.15, 0.2) is 5.65 Å². The van der Waals surface area contributed by atoms with Gasteiger partial charge in [-0.1, -0.05) is 29.3 Å². The van der Waals surface area contributed by atoms with E-state index in [2.05, 4.69) is 10.1 Å². The Bertz CT molecular complexity index is 1580. The summed E-state index contributed by atoms with van der Waals surface area (Å²) in [6.45, 7) is 4.89. The number of benzene rings is 2. The van der Waals surface area contributed by atoms with Gasteiger partial charge in [0.2, 0.25) is 5.91 Å². The number of aromatic nitrogens is 3. The Morgan fingerprint density at radius 2 is 1.48 bits per heavy atom. The lowest BCUT2D eigenvalue weighted by Crippen LogP contribution is -2.42. The number of rotatable bonds is 5. The van der Waals surface area contributed by atoms with E-state index in [0.29, 0.717) is 40.8 Å². The van der Waals surface area contributed by atoms with Gasteiger partial charge >= 0.3 is 12.4 Å². The number of amides is 1. The molecule has 0 saturated heterocycles. The zero-order valence-electron chi connectivity index (χ0n) is 21.5. The van der Waals surface area contributed by atoms with Crippen LogP contribution in [0.3, 0.4) is 0 Å². The van der Waals surface area contributed by atoms with E-state index in [4.69, 9.17) is 23.2 Å². The van der Waals surface area contributed by atoms with Crippen molar-refractivity contribution in [2.24, 2.45) is 0 Å². The van der Waals surface area contributed by atoms with Crippen LogP contribution in [0, 0.1) is 0 Å². The molecule has 0 N–H and O–H groups in total. The van der Waals surface area contributed by atoms with Gasteiger partial charge in [-0.05, 0) is 62.2 Å². The third-order valence-corrected chi connectivity index (χ3v) is 7.40. The molecule has 2 aromatic heterocycles. The number of anilines is 1.